The smallest absolute Gasteiger partial charge is 0.223 e. The van der Waals surface area contributed by atoms with E-state index in [0.717, 1.165) is 18.7 Å². The number of amides is 1. The van der Waals surface area contributed by atoms with Gasteiger partial charge in [-0.1, -0.05) is 20.8 Å². The molecule has 0 aromatic carbocycles. The zero-order chi connectivity index (χ0) is 13.6. The van der Waals surface area contributed by atoms with Gasteiger partial charge in [0.2, 0.25) is 5.91 Å². The summed E-state index contributed by atoms with van der Waals surface area (Å²) in [5.41, 5.74) is -0.247. The van der Waals surface area contributed by atoms with Crippen LogP contribution >= 0.6 is 0 Å². The van der Waals surface area contributed by atoms with Gasteiger partial charge in [0.1, 0.15) is 12.2 Å². The highest BCUT2D eigenvalue weighted by molar-refractivity contribution is 5.80. The monoisotopic (exact) mass is 250 g/mol. The van der Waals surface area contributed by atoms with Crippen LogP contribution in [-0.2, 0) is 17.3 Å². The molecule has 1 aromatic heterocycles. The number of hydrogen-bond donors (Lipinski definition) is 1. The van der Waals surface area contributed by atoms with Gasteiger partial charge >= 0.3 is 0 Å². The molecule has 0 spiro atoms. The Hall–Kier alpha value is -1.39. The maximum Gasteiger partial charge on any atom is 0.223 e. The summed E-state index contributed by atoms with van der Waals surface area (Å²) in [7, 11) is 3.62. The van der Waals surface area contributed by atoms with E-state index in [4.69, 9.17) is 0 Å². The van der Waals surface area contributed by atoms with Gasteiger partial charge in [-0.25, -0.2) is 4.98 Å². The Balaban J connectivity index is 2.42. The Morgan fingerprint density at radius 1 is 1.50 bits per heavy atom. The SMILES string of the molecule is CNC(=O)[C@H]1CC[C@@](C)(c2ncnn2C)C1(C)C. The van der Waals surface area contributed by atoms with Crippen LogP contribution in [0.1, 0.15) is 39.4 Å². The van der Waals surface area contributed by atoms with Gasteiger partial charge in [-0.15, -0.1) is 0 Å². The highest BCUT2D eigenvalue weighted by Gasteiger charge is 2.56. The van der Waals surface area contributed by atoms with E-state index < -0.39 is 0 Å². The fraction of sp³-hybridized carbons (Fsp3) is 0.769. The first-order chi connectivity index (χ1) is 8.34. The fourth-order valence-electron chi connectivity index (χ4n) is 3.33. The second kappa shape index (κ2) is 4.07. The van der Waals surface area contributed by atoms with E-state index in [1.54, 1.807) is 13.4 Å². The average molecular weight is 250 g/mol. The van der Waals surface area contributed by atoms with Crippen LogP contribution in [0.15, 0.2) is 6.33 Å². The summed E-state index contributed by atoms with van der Waals surface area (Å²) in [6.07, 6.45) is 3.45. The van der Waals surface area contributed by atoms with Crippen molar-refractivity contribution < 1.29 is 4.79 Å². The predicted octanol–water partition coefficient (Wildman–Crippen LogP) is 1.25. The summed E-state index contributed by atoms with van der Waals surface area (Å²) >= 11 is 0. The molecule has 0 saturated heterocycles. The Labute approximate surface area is 108 Å². The normalized spacial score (nSPS) is 30.4. The highest BCUT2D eigenvalue weighted by Crippen LogP contribution is 2.56. The van der Waals surface area contributed by atoms with Gasteiger partial charge in [0, 0.05) is 25.4 Å². The molecule has 1 amide bonds. The molecule has 1 saturated carbocycles. The van der Waals surface area contributed by atoms with E-state index in [2.05, 4.69) is 36.2 Å². The van der Waals surface area contributed by atoms with Crippen molar-refractivity contribution >= 4 is 5.91 Å². The molecular formula is C13H22N4O. The standard InChI is InChI=1S/C13H22N4O/c1-12(2)9(10(18)14-4)6-7-13(12,3)11-15-8-16-17(11)5/h8-9H,6-7H2,1-5H3,(H,14,18)/t9-,13+/m1/s1. The van der Waals surface area contributed by atoms with Crippen LogP contribution in [0.5, 0.6) is 0 Å². The summed E-state index contributed by atoms with van der Waals surface area (Å²) in [6.45, 7) is 6.52. The van der Waals surface area contributed by atoms with Crippen LogP contribution in [0.25, 0.3) is 0 Å². The summed E-state index contributed by atoms with van der Waals surface area (Å²) < 4.78 is 1.83. The van der Waals surface area contributed by atoms with Crippen molar-refractivity contribution in [1.82, 2.24) is 20.1 Å². The van der Waals surface area contributed by atoms with Crippen molar-refractivity contribution in [1.29, 1.82) is 0 Å². The molecule has 100 valence electrons. The number of carbonyl (C=O) groups excluding carboxylic acids is 1. The first-order valence-electron chi connectivity index (χ1n) is 6.40. The molecule has 0 bridgehead atoms. The van der Waals surface area contributed by atoms with E-state index >= 15 is 0 Å². The number of nitrogens with one attached hydrogen (secondary N) is 1. The minimum absolute atomic E-state index is 0.0317. The Morgan fingerprint density at radius 2 is 2.17 bits per heavy atom. The third-order valence-electron chi connectivity index (χ3n) is 4.99. The van der Waals surface area contributed by atoms with Crippen LogP contribution in [0.4, 0.5) is 0 Å². The van der Waals surface area contributed by atoms with Crippen molar-refractivity contribution in [2.45, 2.75) is 39.0 Å². The number of carbonyl (C=O) groups is 1. The molecule has 1 aromatic rings. The van der Waals surface area contributed by atoms with E-state index in [0.29, 0.717) is 0 Å². The van der Waals surface area contributed by atoms with Gasteiger partial charge in [-0.3, -0.25) is 9.48 Å². The molecule has 1 aliphatic rings. The van der Waals surface area contributed by atoms with Crippen LogP contribution < -0.4 is 5.32 Å². The minimum atomic E-state index is -0.131. The third-order valence-corrected chi connectivity index (χ3v) is 4.99. The van der Waals surface area contributed by atoms with Crippen LogP contribution in [-0.4, -0.2) is 27.7 Å². The first-order valence-corrected chi connectivity index (χ1v) is 6.40. The molecule has 0 aliphatic heterocycles. The highest BCUT2D eigenvalue weighted by atomic mass is 16.1. The molecule has 5 heteroatoms. The number of rotatable bonds is 2. The van der Waals surface area contributed by atoms with Gasteiger partial charge in [-0.2, -0.15) is 5.10 Å². The Kier molecular flexibility index (Phi) is 2.95. The second-order valence-electron chi connectivity index (χ2n) is 5.97. The Bertz CT molecular complexity index is 465. The lowest BCUT2D eigenvalue weighted by atomic mass is 9.65. The molecule has 2 rings (SSSR count). The van der Waals surface area contributed by atoms with E-state index in [9.17, 15) is 4.79 Å². The van der Waals surface area contributed by atoms with Crippen molar-refractivity contribution in [2.24, 2.45) is 18.4 Å². The molecule has 18 heavy (non-hydrogen) atoms. The second-order valence-corrected chi connectivity index (χ2v) is 5.97. The van der Waals surface area contributed by atoms with Gasteiger partial charge < -0.3 is 5.32 Å². The van der Waals surface area contributed by atoms with Crippen molar-refractivity contribution in [3.05, 3.63) is 12.2 Å². The molecule has 1 fully saturated rings. The predicted molar refractivity (Wildman–Crippen MR) is 68.9 cm³/mol. The molecular weight excluding hydrogens is 228 g/mol. The molecule has 0 radical (unpaired) electrons. The summed E-state index contributed by atoms with van der Waals surface area (Å²) in [5, 5.41) is 6.95. The molecule has 2 atom stereocenters. The van der Waals surface area contributed by atoms with E-state index in [1.807, 2.05) is 11.7 Å². The lowest BCUT2D eigenvalue weighted by Gasteiger charge is -2.40. The van der Waals surface area contributed by atoms with Gasteiger partial charge in [0.15, 0.2) is 0 Å². The van der Waals surface area contributed by atoms with Crippen LogP contribution in [0.2, 0.25) is 0 Å². The Morgan fingerprint density at radius 3 is 2.67 bits per heavy atom. The topological polar surface area (TPSA) is 59.8 Å². The summed E-state index contributed by atoms with van der Waals surface area (Å²) in [5.74, 6) is 1.13. The van der Waals surface area contributed by atoms with Gasteiger partial charge in [-0.05, 0) is 18.3 Å². The van der Waals surface area contributed by atoms with Crippen LogP contribution in [0.3, 0.4) is 0 Å². The van der Waals surface area contributed by atoms with Crippen molar-refractivity contribution in [2.75, 3.05) is 7.05 Å². The molecule has 1 aliphatic carbocycles. The maximum atomic E-state index is 12.0. The van der Waals surface area contributed by atoms with Crippen LogP contribution in [0, 0.1) is 11.3 Å². The third kappa shape index (κ3) is 1.56. The average Bonchev–Trinajstić information content (AvgIpc) is 2.83. The number of nitrogens with zero attached hydrogens (tertiary/aromatic N) is 3. The lowest BCUT2D eigenvalue weighted by Crippen LogP contribution is -2.44. The number of aryl methyl sites for hydroxylation is 1. The van der Waals surface area contributed by atoms with E-state index in [1.165, 1.54) is 0 Å². The molecule has 0 unspecified atom stereocenters. The largest absolute Gasteiger partial charge is 0.359 e. The maximum absolute atomic E-state index is 12.0. The number of hydrogen-bond acceptors (Lipinski definition) is 3. The molecule has 5 nitrogen and oxygen atoms in total. The quantitative estimate of drug-likeness (QED) is 0.859. The number of aromatic nitrogens is 3. The van der Waals surface area contributed by atoms with E-state index in [-0.39, 0.29) is 22.7 Å². The summed E-state index contributed by atoms with van der Waals surface area (Å²) in [4.78, 5) is 16.4. The lowest BCUT2D eigenvalue weighted by molar-refractivity contribution is -0.127. The molecule has 1 heterocycles. The van der Waals surface area contributed by atoms with Crippen molar-refractivity contribution in [3.63, 3.8) is 0 Å². The fourth-order valence-corrected chi connectivity index (χ4v) is 3.33. The minimum Gasteiger partial charge on any atom is -0.359 e. The van der Waals surface area contributed by atoms with Gasteiger partial charge in [0.25, 0.3) is 0 Å². The first kappa shape index (κ1) is 13.1. The van der Waals surface area contributed by atoms with Gasteiger partial charge in [0.05, 0.1) is 0 Å². The van der Waals surface area contributed by atoms with Crippen molar-refractivity contribution in [3.8, 4) is 0 Å². The zero-order valence-corrected chi connectivity index (χ0v) is 11.8. The summed E-state index contributed by atoms with van der Waals surface area (Å²) in [6, 6.07) is 0. The molecule has 1 N–H and O–H groups in total. The zero-order valence-electron chi connectivity index (χ0n) is 11.8.